The summed E-state index contributed by atoms with van der Waals surface area (Å²) in [7, 11) is 5.40. The lowest BCUT2D eigenvalue weighted by atomic mass is 10.2. The Morgan fingerprint density at radius 3 is 2.59 bits per heavy atom. The van der Waals surface area contributed by atoms with Gasteiger partial charge >= 0.3 is 0 Å². The molecule has 17 heavy (non-hydrogen) atoms. The highest BCUT2D eigenvalue weighted by Gasteiger charge is 2.08. The van der Waals surface area contributed by atoms with Gasteiger partial charge in [0.25, 0.3) is 0 Å². The van der Waals surface area contributed by atoms with E-state index < -0.39 is 0 Å². The molecule has 1 aromatic heterocycles. The van der Waals surface area contributed by atoms with E-state index in [9.17, 15) is 4.79 Å². The third-order valence-corrected chi connectivity index (χ3v) is 2.33. The summed E-state index contributed by atoms with van der Waals surface area (Å²) in [5.41, 5.74) is 3.51. The molecular weight excluding hydrogens is 218 g/mol. The van der Waals surface area contributed by atoms with Gasteiger partial charge in [0.15, 0.2) is 0 Å². The predicted octanol–water partition coefficient (Wildman–Crippen LogP) is -0.113. The number of likely N-dealkylation sites (N-methyl/N-ethyl adjacent to an activating group) is 2. The first kappa shape index (κ1) is 13.4. The van der Waals surface area contributed by atoms with Gasteiger partial charge in [0, 0.05) is 26.8 Å². The molecule has 0 fully saturated rings. The Balaban J connectivity index is 2.50. The van der Waals surface area contributed by atoms with Crippen LogP contribution < -0.4 is 11.3 Å². The Hall–Kier alpha value is -1.66. The van der Waals surface area contributed by atoms with E-state index in [1.54, 1.807) is 31.3 Å². The van der Waals surface area contributed by atoms with Crippen LogP contribution in [0, 0.1) is 0 Å². The van der Waals surface area contributed by atoms with Crippen molar-refractivity contribution in [3.63, 3.8) is 0 Å². The second-order valence-corrected chi connectivity index (χ2v) is 4.16. The Morgan fingerprint density at radius 2 is 2.12 bits per heavy atom. The van der Waals surface area contributed by atoms with Crippen LogP contribution in [-0.2, 0) is 11.3 Å². The third kappa shape index (κ3) is 4.38. The number of carbonyl (C=O) groups is 1. The van der Waals surface area contributed by atoms with E-state index >= 15 is 0 Å². The molecule has 0 aliphatic heterocycles. The van der Waals surface area contributed by atoms with Gasteiger partial charge in [-0.2, -0.15) is 0 Å². The fraction of sp³-hybridized carbons (Fsp3) is 0.455. The topological polar surface area (TPSA) is 74.5 Å². The highest BCUT2D eigenvalue weighted by atomic mass is 16.2. The lowest BCUT2D eigenvalue weighted by Gasteiger charge is -2.18. The number of nitrogens with one attached hydrogen (secondary N) is 1. The monoisotopic (exact) mass is 237 g/mol. The molecule has 0 spiro atoms. The lowest BCUT2D eigenvalue weighted by Crippen LogP contribution is -2.34. The van der Waals surface area contributed by atoms with Gasteiger partial charge in [-0.1, -0.05) is 6.07 Å². The molecule has 6 heteroatoms. The van der Waals surface area contributed by atoms with E-state index in [-0.39, 0.29) is 5.91 Å². The minimum absolute atomic E-state index is 0.0840. The van der Waals surface area contributed by atoms with Crippen LogP contribution in [0.25, 0.3) is 0 Å². The van der Waals surface area contributed by atoms with Crippen LogP contribution in [0.15, 0.2) is 18.3 Å². The molecule has 94 valence electrons. The number of pyridine rings is 1. The van der Waals surface area contributed by atoms with E-state index in [0.717, 1.165) is 5.56 Å². The molecule has 1 amide bonds. The molecule has 0 saturated heterocycles. The minimum Gasteiger partial charge on any atom is -0.348 e. The fourth-order valence-corrected chi connectivity index (χ4v) is 1.34. The lowest BCUT2D eigenvalue weighted by molar-refractivity contribution is -0.129. The highest BCUT2D eigenvalue weighted by molar-refractivity contribution is 5.77. The van der Waals surface area contributed by atoms with Crippen molar-refractivity contribution in [2.45, 2.75) is 6.54 Å². The number of hydrogen-bond donors (Lipinski definition) is 2. The summed E-state index contributed by atoms with van der Waals surface area (Å²) in [6, 6.07) is 3.73. The predicted molar refractivity (Wildman–Crippen MR) is 67.1 cm³/mol. The number of nitrogens with two attached hydrogens (primary N) is 1. The van der Waals surface area contributed by atoms with E-state index in [1.807, 2.05) is 18.0 Å². The Bertz CT molecular complexity index is 363. The number of aromatic nitrogens is 1. The van der Waals surface area contributed by atoms with Gasteiger partial charge in [-0.3, -0.25) is 9.69 Å². The van der Waals surface area contributed by atoms with E-state index in [4.69, 9.17) is 5.84 Å². The number of anilines is 1. The molecule has 0 aliphatic rings. The molecule has 1 rings (SSSR count). The number of rotatable bonds is 5. The van der Waals surface area contributed by atoms with Crippen molar-refractivity contribution in [3.05, 3.63) is 23.9 Å². The zero-order valence-electron chi connectivity index (χ0n) is 10.5. The summed E-state index contributed by atoms with van der Waals surface area (Å²) < 4.78 is 0. The van der Waals surface area contributed by atoms with Crippen LogP contribution in [0.4, 0.5) is 5.82 Å². The summed E-state index contributed by atoms with van der Waals surface area (Å²) in [4.78, 5) is 19.1. The van der Waals surface area contributed by atoms with Crippen molar-refractivity contribution in [3.8, 4) is 0 Å². The molecular formula is C11H19N5O. The molecule has 0 aromatic carbocycles. The standard InChI is InChI=1S/C11H19N5O/c1-15(2)11(17)8-16(3)7-9-4-5-10(14-12)13-6-9/h4-6H,7-8,12H2,1-3H3,(H,13,14). The largest absolute Gasteiger partial charge is 0.348 e. The van der Waals surface area contributed by atoms with Crippen LogP contribution in [0.1, 0.15) is 5.56 Å². The van der Waals surface area contributed by atoms with Crippen molar-refractivity contribution in [2.24, 2.45) is 5.84 Å². The van der Waals surface area contributed by atoms with Gasteiger partial charge in [0.1, 0.15) is 5.82 Å². The first-order chi connectivity index (χ1) is 8.02. The molecule has 0 radical (unpaired) electrons. The van der Waals surface area contributed by atoms with Crippen molar-refractivity contribution in [1.82, 2.24) is 14.8 Å². The van der Waals surface area contributed by atoms with Gasteiger partial charge in [0.05, 0.1) is 6.54 Å². The number of hydrogen-bond acceptors (Lipinski definition) is 5. The maximum Gasteiger partial charge on any atom is 0.236 e. The first-order valence-electron chi connectivity index (χ1n) is 5.33. The quantitative estimate of drug-likeness (QED) is 0.552. The average Bonchev–Trinajstić information content (AvgIpc) is 2.29. The molecule has 1 aromatic rings. The number of amides is 1. The van der Waals surface area contributed by atoms with Crippen LogP contribution in [0.2, 0.25) is 0 Å². The molecule has 0 bridgehead atoms. The van der Waals surface area contributed by atoms with E-state index in [2.05, 4.69) is 10.4 Å². The fourth-order valence-electron chi connectivity index (χ4n) is 1.34. The molecule has 0 aliphatic carbocycles. The summed E-state index contributed by atoms with van der Waals surface area (Å²) in [6.07, 6.45) is 1.74. The zero-order valence-corrected chi connectivity index (χ0v) is 10.5. The van der Waals surface area contributed by atoms with Crippen molar-refractivity contribution in [2.75, 3.05) is 33.1 Å². The molecule has 0 unspecified atom stereocenters. The normalized spacial score (nSPS) is 10.4. The first-order valence-corrected chi connectivity index (χ1v) is 5.33. The number of carbonyl (C=O) groups excluding carboxylic acids is 1. The minimum atomic E-state index is 0.0840. The van der Waals surface area contributed by atoms with Gasteiger partial charge < -0.3 is 10.3 Å². The summed E-state index contributed by atoms with van der Waals surface area (Å²) in [5, 5.41) is 0. The van der Waals surface area contributed by atoms with E-state index in [0.29, 0.717) is 18.9 Å². The number of nitrogens with zero attached hydrogens (tertiary/aromatic N) is 3. The molecule has 3 N–H and O–H groups in total. The van der Waals surface area contributed by atoms with Crippen molar-refractivity contribution >= 4 is 11.7 Å². The van der Waals surface area contributed by atoms with Crippen LogP contribution in [-0.4, -0.2) is 48.4 Å². The Labute approximate surface area is 101 Å². The van der Waals surface area contributed by atoms with Crippen LogP contribution in [0.5, 0.6) is 0 Å². The molecule has 0 atom stereocenters. The Kier molecular flexibility index (Phi) is 4.86. The summed E-state index contributed by atoms with van der Waals surface area (Å²) in [6.45, 7) is 1.07. The summed E-state index contributed by atoms with van der Waals surface area (Å²) >= 11 is 0. The zero-order chi connectivity index (χ0) is 12.8. The Morgan fingerprint density at radius 1 is 1.41 bits per heavy atom. The smallest absolute Gasteiger partial charge is 0.236 e. The molecule has 0 saturated carbocycles. The van der Waals surface area contributed by atoms with Crippen LogP contribution >= 0.6 is 0 Å². The molecule has 1 heterocycles. The van der Waals surface area contributed by atoms with Crippen molar-refractivity contribution in [1.29, 1.82) is 0 Å². The third-order valence-electron chi connectivity index (χ3n) is 2.33. The molecule has 6 nitrogen and oxygen atoms in total. The van der Waals surface area contributed by atoms with Gasteiger partial charge in [-0.25, -0.2) is 10.8 Å². The second kappa shape index (κ2) is 6.17. The number of nitrogen functional groups attached to an aromatic ring is 1. The number of hydrazine groups is 1. The van der Waals surface area contributed by atoms with Gasteiger partial charge in [-0.05, 0) is 18.7 Å². The highest BCUT2D eigenvalue weighted by Crippen LogP contribution is 2.05. The SMILES string of the molecule is CN(CC(=O)N(C)C)Cc1ccc(NN)nc1. The average molecular weight is 237 g/mol. The second-order valence-electron chi connectivity index (χ2n) is 4.16. The van der Waals surface area contributed by atoms with Gasteiger partial charge in [-0.15, -0.1) is 0 Å². The van der Waals surface area contributed by atoms with Crippen LogP contribution in [0.3, 0.4) is 0 Å². The van der Waals surface area contributed by atoms with E-state index in [1.165, 1.54) is 0 Å². The van der Waals surface area contributed by atoms with Gasteiger partial charge in [0.2, 0.25) is 5.91 Å². The summed E-state index contributed by atoms with van der Waals surface area (Å²) in [5.74, 6) is 5.94. The maximum absolute atomic E-state index is 11.5. The maximum atomic E-state index is 11.5. The van der Waals surface area contributed by atoms with Crippen molar-refractivity contribution < 1.29 is 4.79 Å².